The first-order valence-corrected chi connectivity index (χ1v) is 5.94. The van der Waals surface area contributed by atoms with Crippen LogP contribution >= 0.6 is 0 Å². The van der Waals surface area contributed by atoms with Crippen molar-refractivity contribution in [2.75, 3.05) is 0 Å². The average molecular weight is 224 g/mol. The first-order chi connectivity index (χ1) is 8.22. The van der Waals surface area contributed by atoms with Crippen molar-refractivity contribution in [3.63, 3.8) is 0 Å². The first-order valence-electron chi connectivity index (χ1n) is 5.94. The molecule has 1 heterocycles. The third-order valence-electron chi connectivity index (χ3n) is 3.93. The predicted octanol–water partition coefficient (Wildman–Crippen LogP) is 3.02. The van der Waals surface area contributed by atoms with Gasteiger partial charge in [-0.15, -0.1) is 0 Å². The molecular formula is C15H16N2. The maximum atomic E-state index is 4.20. The highest BCUT2D eigenvalue weighted by Gasteiger charge is 2.40. The lowest BCUT2D eigenvalue weighted by atomic mass is 9.76. The predicted molar refractivity (Wildman–Crippen MR) is 68.9 cm³/mol. The van der Waals surface area contributed by atoms with Crippen molar-refractivity contribution < 1.29 is 0 Å². The fourth-order valence-electron chi connectivity index (χ4n) is 2.85. The second kappa shape index (κ2) is 3.59. The molecule has 86 valence electrons. The van der Waals surface area contributed by atoms with Gasteiger partial charge in [-0.2, -0.15) is 0 Å². The van der Waals surface area contributed by atoms with E-state index in [4.69, 9.17) is 0 Å². The van der Waals surface area contributed by atoms with E-state index in [1.54, 1.807) is 6.33 Å². The maximum absolute atomic E-state index is 4.20. The summed E-state index contributed by atoms with van der Waals surface area (Å²) in [5.74, 6) is 0. The quantitative estimate of drug-likeness (QED) is 0.780. The number of fused-ring (bicyclic) bond motifs is 1. The number of imidazole rings is 1. The molecule has 0 spiro atoms. The van der Waals surface area contributed by atoms with Crippen LogP contribution in [0.5, 0.6) is 0 Å². The van der Waals surface area contributed by atoms with Gasteiger partial charge in [0.1, 0.15) is 0 Å². The van der Waals surface area contributed by atoms with Gasteiger partial charge in [0.05, 0.1) is 6.33 Å². The number of hydrogen-bond acceptors (Lipinski definition) is 1. The zero-order valence-corrected chi connectivity index (χ0v) is 10.0. The highest BCUT2D eigenvalue weighted by atomic mass is 14.9. The normalized spacial score (nSPS) is 16.8. The van der Waals surface area contributed by atoms with E-state index in [1.807, 2.05) is 6.20 Å². The van der Waals surface area contributed by atoms with Crippen LogP contribution in [0.3, 0.4) is 0 Å². The van der Waals surface area contributed by atoms with Crippen molar-refractivity contribution in [1.29, 1.82) is 0 Å². The van der Waals surface area contributed by atoms with Crippen LogP contribution in [0.4, 0.5) is 0 Å². The van der Waals surface area contributed by atoms with Crippen molar-refractivity contribution in [1.82, 2.24) is 9.97 Å². The van der Waals surface area contributed by atoms with E-state index in [2.05, 4.69) is 47.7 Å². The Hall–Kier alpha value is -1.83. The standard InChI is InChI=1S/C15H16N2/c1-11(2)15(14-9-16-10-17-14)7-12-5-3-4-6-13(12)8-15/h3-6,9-10H,1,7-8H2,2H3,(H,16,17). The summed E-state index contributed by atoms with van der Waals surface area (Å²) in [6, 6.07) is 8.66. The highest BCUT2D eigenvalue weighted by molar-refractivity contribution is 5.45. The van der Waals surface area contributed by atoms with Crippen molar-refractivity contribution in [3.8, 4) is 0 Å². The minimum atomic E-state index is 0.0141. The molecule has 0 fully saturated rings. The van der Waals surface area contributed by atoms with Crippen molar-refractivity contribution in [3.05, 3.63) is 65.8 Å². The molecule has 2 nitrogen and oxygen atoms in total. The average Bonchev–Trinajstić information content (AvgIpc) is 2.96. The Balaban J connectivity index is 2.10. The number of rotatable bonds is 2. The number of hydrogen-bond donors (Lipinski definition) is 1. The van der Waals surface area contributed by atoms with Crippen LogP contribution in [0.15, 0.2) is 48.9 Å². The summed E-state index contributed by atoms with van der Waals surface area (Å²) in [6.45, 7) is 6.32. The van der Waals surface area contributed by atoms with E-state index in [0.29, 0.717) is 0 Å². The minimum absolute atomic E-state index is 0.0141. The van der Waals surface area contributed by atoms with Gasteiger partial charge in [0.2, 0.25) is 0 Å². The van der Waals surface area contributed by atoms with Crippen molar-refractivity contribution in [2.45, 2.75) is 25.2 Å². The summed E-state index contributed by atoms with van der Waals surface area (Å²) in [6.07, 6.45) is 5.74. The highest BCUT2D eigenvalue weighted by Crippen LogP contribution is 2.43. The van der Waals surface area contributed by atoms with E-state index < -0.39 is 0 Å². The molecule has 0 unspecified atom stereocenters. The molecule has 1 aliphatic rings. The monoisotopic (exact) mass is 224 g/mol. The molecule has 0 saturated carbocycles. The van der Waals surface area contributed by atoms with Crippen LogP contribution in [0.25, 0.3) is 0 Å². The second-order valence-electron chi connectivity index (χ2n) is 4.95. The van der Waals surface area contributed by atoms with E-state index in [1.165, 1.54) is 22.4 Å². The number of H-pyrrole nitrogens is 1. The molecule has 0 atom stereocenters. The van der Waals surface area contributed by atoms with Crippen LogP contribution in [-0.4, -0.2) is 9.97 Å². The molecule has 1 aromatic heterocycles. The molecule has 1 N–H and O–H groups in total. The third-order valence-corrected chi connectivity index (χ3v) is 3.93. The molecule has 0 amide bonds. The number of aromatic amines is 1. The molecule has 2 aromatic rings. The van der Waals surface area contributed by atoms with Gasteiger partial charge in [-0.1, -0.05) is 36.4 Å². The minimum Gasteiger partial charge on any atom is -0.348 e. The summed E-state index contributed by atoms with van der Waals surface area (Å²) in [4.78, 5) is 7.42. The van der Waals surface area contributed by atoms with Gasteiger partial charge in [-0.25, -0.2) is 4.98 Å². The molecule has 17 heavy (non-hydrogen) atoms. The molecular weight excluding hydrogens is 208 g/mol. The number of allylic oxidation sites excluding steroid dienone is 1. The van der Waals surface area contributed by atoms with Gasteiger partial charge >= 0.3 is 0 Å². The van der Waals surface area contributed by atoms with Crippen molar-refractivity contribution >= 4 is 0 Å². The fourth-order valence-corrected chi connectivity index (χ4v) is 2.85. The van der Waals surface area contributed by atoms with Gasteiger partial charge in [0, 0.05) is 17.3 Å². The topological polar surface area (TPSA) is 28.7 Å². The van der Waals surface area contributed by atoms with Gasteiger partial charge in [-0.3, -0.25) is 0 Å². The largest absolute Gasteiger partial charge is 0.348 e. The van der Waals surface area contributed by atoms with Crippen LogP contribution in [0.2, 0.25) is 0 Å². The molecule has 0 saturated heterocycles. The van der Waals surface area contributed by atoms with E-state index in [0.717, 1.165) is 12.8 Å². The molecule has 1 aliphatic carbocycles. The Labute approximate surface area is 101 Å². The summed E-state index contributed by atoms with van der Waals surface area (Å²) in [5, 5.41) is 0. The number of aromatic nitrogens is 2. The Bertz CT molecular complexity index is 527. The van der Waals surface area contributed by atoms with Crippen LogP contribution in [0.1, 0.15) is 23.7 Å². The summed E-state index contributed by atoms with van der Waals surface area (Å²) >= 11 is 0. The lowest BCUT2D eigenvalue weighted by molar-refractivity contribution is 0.522. The number of nitrogens with one attached hydrogen (secondary N) is 1. The van der Waals surface area contributed by atoms with Gasteiger partial charge in [0.15, 0.2) is 0 Å². The van der Waals surface area contributed by atoms with Gasteiger partial charge < -0.3 is 4.98 Å². The van der Waals surface area contributed by atoms with Crippen LogP contribution in [-0.2, 0) is 18.3 Å². The molecule has 3 rings (SSSR count). The second-order valence-corrected chi connectivity index (χ2v) is 4.95. The molecule has 0 radical (unpaired) electrons. The zero-order chi connectivity index (χ0) is 11.9. The third kappa shape index (κ3) is 1.44. The molecule has 2 heteroatoms. The van der Waals surface area contributed by atoms with Crippen LogP contribution < -0.4 is 0 Å². The van der Waals surface area contributed by atoms with E-state index in [9.17, 15) is 0 Å². The maximum Gasteiger partial charge on any atom is 0.0922 e. The molecule has 0 aliphatic heterocycles. The summed E-state index contributed by atoms with van der Waals surface area (Å²) in [7, 11) is 0. The lowest BCUT2D eigenvalue weighted by Crippen LogP contribution is -2.28. The van der Waals surface area contributed by atoms with Gasteiger partial charge in [-0.05, 0) is 30.9 Å². The zero-order valence-electron chi connectivity index (χ0n) is 10.0. The van der Waals surface area contributed by atoms with Crippen molar-refractivity contribution in [2.24, 2.45) is 0 Å². The number of benzene rings is 1. The van der Waals surface area contributed by atoms with E-state index >= 15 is 0 Å². The van der Waals surface area contributed by atoms with Crippen LogP contribution in [0, 0.1) is 0 Å². The SMILES string of the molecule is C=C(C)C1(c2cnc[nH]2)Cc2ccccc2C1. The Morgan fingerprint density at radius 1 is 1.29 bits per heavy atom. The van der Waals surface area contributed by atoms with Gasteiger partial charge in [0.25, 0.3) is 0 Å². The lowest BCUT2D eigenvalue weighted by Gasteiger charge is -2.28. The number of nitrogens with zero attached hydrogens (tertiary/aromatic N) is 1. The molecule has 1 aromatic carbocycles. The Morgan fingerprint density at radius 3 is 2.41 bits per heavy atom. The molecule has 0 bridgehead atoms. The first kappa shape index (κ1) is 10.3. The smallest absolute Gasteiger partial charge is 0.0922 e. The summed E-state index contributed by atoms with van der Waals surface area (Å²) in [5.41, 5.74) is 5.27. The Morgan fingerprint density at radius 2 is 1.94 bits per heavy atom. The summed E-state index contributed by atoms with van der Waals surface area (Å²) < 4.78 is 0. The van der Waals surface area contributed by atoms with E-state index in [-0.39, 0.29) is 5.41 Å². The fraction of sp³-hybridized carbons (Fsp3) is 0.267. The Kier molecular flexibility index (Phi) is 2.18.